The molecule has 8 nitrogen and oxygen atoms in total. The van der Waals surface area contributed by atoms with E-state index in [1.165, 1.54) is 6.33 Å². The first-order valence-corrected chi connectivity index (χ1v) is 9.37. The number of rotatable bonds is 6. The van der Waals surface area contributed by atoms with Crippen molar-refractivity contribution in [2.45, 2.75) is 6.42 Å². The minimum Gasteiger partial charge on any atom is -0.493 e. The molecule has 0 spiro atoms. The number of methoxy groups -OCH3 is 2. The molecule has 1 aromatic heterocycles. The zero-order valence-electron chi connectivity index (χ0n) is 13.5. The van der Waals surface area contributed by atoms with Crippen LogP contribution in [0.25, 0.3) is 10.9 Å². The number of aromatic nitrogens is 2. The van der Waals surface area contributed by atoms with E-state index in [0.717, 1.165) is 29.8 Å². The van der Waals surface area contributed by atoms with Gasteiger partial charge in [-0.1, -0.05) is 0 Å². The van der Waals surface area contributed by atoms with E-state index in [-0.39, 0.29) is 12.1 Å². The van der Waals surface area contributed by atoms with Crippen molar-refractivity contribution in [2.75, 3.05) is 38.4 Å². The first-order chi connectivity index (χ1) is 11.4. The van der Waals surface area contributed by atoms with Crippen molar-refractivity contribution < 1.29 is 23.8 Å². The van der Waals surface area contributed by atoms with Gasteiger partial charge in [0.25, 0.3) is 0 Å². The van der Waals surface area contributed by atoms with Gasteiger partial charge in [-0.05, 0) is 18.4 Å². The molecule has 0 amide bonds. The summed E-state index contributed by atoms with van der Waals surface area (Å²) in [6.45, 7) is 1.45. The van der Waals surface area contributed by atoms with Gasteiger partial charge in [0.1, 0.15) is 12.1 Å². The number of hydrogen-bond donors (Lipinski definition) is 2. The SMILES string of the molecule is COc1cc2ncnc(N3CC(CCP(=O)(O)O)C3)c2cc1OC. The predicted octanol–water partition coefficient (Wildman–Crippen LogP) is 1.65. The van der Waals surface area contributed by atoms with E-state index < -0.39 is 7.60 Å². The van der Waals surface area contributed by atoms with Crippen LogP contribution in [-0.2, 0) is 4.57 Å². The molecule has 3 rings (SSSR count). The standard InChI is InChI=1S/C15H20N3O5P/c1-22-13-5-11-12(6-14(13)23-2)16-9-17-15(11)18-7-10(8-18)3-4-24(19,20)21/h5-6,9-10H,3-4,7-8H2,1-2H3,(H2,19,20,21). The van der Waals surface area contributed by atoms with E-state index in [4.69, 9.17) is 19.3 Å². The number of hydrogen-bond acceptors (Lipinski definition) is 6. The van der Waals surface area contributed by atoms with Crippen molar-refractivity contribution in [3.8, 4) is 11.5 Å². The zero-order valence-corrected chi connectivity index (χ0v) is 14.4. The van der Waals surface area contributed by atoms with Gasteiger partial charge in [-0.15, -0.1) is 0 Å². The molecule has 0 radical (unpaired) electrons. The van der Waals surface area contributed by atoms with E-state index in [1.807, 2.05) is 12.1 Å². The first kappa shape index (κ1) is 17.0. The third-order valence-electron chi connectivity index (χ3n) is 4.20. The molecule has 0 bridgehead atoms. The van der Waals surface area contributed by atoms with E-state index in [2.05, 4.69) is 14.9 Å². The van der Waals surface area contributed by atoms with Gasteiger partial charge in [-0.2, -0.15) is 0 Å². The number of fused-ring (bicyclic) bond motifs is 1. The van der Waals surface area contributed by atoms with Crippen LogP contribution in [0.15, 0.2) is 18.5 Å². The highest BCUT2D eigenvalue weighted by atomic mass is 31.2. The summed E-state index contributed by atoms with van der Waals surface area (Å²) >= 11 is 0. The van der Waals surface area contributed by atoms with Crippen LogP contribution < -0.4 is 14.4 Å². The molecular weight excluding hydrogens is 333 g/mol. The number of nitrogens with zero attached hydrogens (tertiary/aromatic N) is 3. The van der Waals surface area contributed by atoms with Crippen molar-refractivity contribution in [3.63, 3.8) is 0 Å². The van der Waals surface area contributed by atoms with Crippen molar-refractivity contribution in [2.24, 2.45) is 5.92 Å². The Labute approximate surface area is 139 Å². The van der Waals surface area contributed by atoms with Crippen molar-refractivity contribution in [1.29, 1.82) is 0 Å². The lowest BCUT2D eigenvalue weighted by Crippen LogP contribution is -2.47. The van der Waals surface area contributed by atoms with Crippen LogP contribution in [0.5, 0.6) is 11.5 Å². The maximum atomic E-state index is 11.0. The molecule has 1 aliphatic heterocycles. The Morgan fingerprint density at radius 3 is 2.50 bits per heavy atom. The number of ether oxygens (including phenoxy) is 2. The van der Waals surface area contributed by atoms with Crippen molar-refractivity contribution in [1.82, 2.24) is 9.97 Å². The fourth-order valence-corrected chi connectivity index (χ4v) is 3.60. The summed E-state index contributed by atoms with van der Waals surface area (Å²) in [7, 11) is -0.770. The van der Waals surface area contributed by atoms with Crippen LogP contribution in [0.2, 0.25) is 0 Å². The molecule has 2 N–H and O–H groups in total. The van der Waals surface area contributed by atoms with Gasteiger partial charge < -0.3 is 24.2 Å². The molecule has 9 heteroatoms. The summed E-state index contributed by atoms with van der Waals surface area (Å²) in [5, 5.41) is 0.864. The molecule has 2 aromatic rings. The fourth-order valence-electron chi connectivity index (χ4n) is 2.90. The lowest BCUT2D eigenvalue weighted by Gasteiger charge is -2.40. The van der Waals surface area contributed by atoms with E-state index in [9.17, 15) is 4.57 Å². The van der Waals surface area contributed by atoms with Crippen molar-refractivity contribution >= 4 is 24.3 Å². The maximum absolute atomic E-state index is 11.0. The molecule has 1 fully saturated rings. The lowest BCUT2D eigenvalue weighted by atomic mass is 9.97. The van der Waals surface area contributed by atoms with Gasteiger partial charge in [0.15, 0.2) is 11.5 Å². The summed E-state index contributed by atoms with van der Waals surface area (Å²) in [5.41, 5.74) is 0.760. The molecule has 2 heterocycles. The van der Waals surface area contributed by atoms with Gasteiger partial charge in [0, 0.05) is 24.5 Å². The summed E-state index contributed by atoms with van der Waals surface area (Å²) < 4.78 is 21.6. The summed E-state index contributed by atoms with van der Waals surface area (Å²) in [6, 6.07) is 3.66. The second kappa shape index (κ2) is 6.55. The molecule has 0 unspecified atom stereocenters. The predicted molar refractivity (Wildman–Crippen MR) is 89.9 cm³/mol. The molecule has 1 saturated heterocycles. The summed E-state index contributed by atoms with van der Waals surface area (Å²) in [4.78, 5) is 28.7. The molecule has 24 heavy (non-hydrogen) atoms. The van der Waals surface area contributed by atoms with Crippen LogP contribution in [0, 0.1) is 5.92 Å². The van der Waals surface area contributed by atoms with Crippen LogP contribution in [0.1, 0.15) is 6.42 Å². The van der Waals surface area contributed by atoms with Crippen LogP contribution >= 0.6 is 7.60 Å². The average molecular weight is 353 g/mol. The van der Waals surface area contributed by atoms with Gasteiger partial charge in [-0.25, -0.2) is 9.97 Å². The minimum atomic E-state index is -3.92. The van der Waals surface area contributed by atoms with Gasteiger partial charge in [0.2, 0.25) is 0 Å². The Balaban J connectivity index is 1.80. The quantitative estimate of drug-likeness (QED) is 0.756. The van der Waals surface area contributed by atoms with Gasteiger partial charge in [0.05, 0.1) is 25.9 Å². The second-order valence-electron chi connectivity index (χ2n) is 5.87. The highest BCUT2D eigenvalue weighted by molar-refractivity contribution is 7.51. The lowest BCUT2D eigenvalue weighted by molar-refractivity contribution is 0.350. The highest BCUT2D eigenvalue weighted by Gasteiger charge is 2.30. The maximum Gasteiger partial charge on any atom is 0.325 e. The smallest absolute Gasteiger partial charge is 0.325 e. The van der Waals surface area contributed by atoms with Gasteiger partial charge >= 0.3 is 7.60 Å². The molecular formula is C15H20N3O5P. The molecule has 1 aliphatic rings. The topological polar surface area (TPSA) is 105 Å². The average Bonchev–Trinajstić information content (AvgIpc) is 2.51. The molecule has 0 aliphatic carbocycles. The Kier molecular flexibility index (Phi) is 4.62. The van der Waals surface area contributed by atoms with Gasteiger partial charge in [-0.3, -0.25) is 4.57 Å². The third-order valence-corrected chi connectivity index (χ3v) is 5.05. The largest absolute Gasteiger partial charge is 0.493 e. The van der Waals surface area contributed by atoms with Crippen LogP contribution in [0.4, 0.5) is 5.82 Å². The van der Waals surface area contributed by atoms with E-state index in [1.54, 1.807) is 14.2 Å². The Bertz CT molecular complexity index is 788. The van der Waals surface area contributed by atoms with Crippen LogP contribution in [0.3, 0.4) is 0 Å². The molecule has 0 atom stereocenters. The molecule has 1 aromatic carbocycles. The normalized spacial score (nSPS) is 15.4. The van der Waals surface area contributed by atoms with E-state index in [0.29, 0.717) is 17.9 Å². The highest BCUT2D eigenvalue weighted by Crippen LogP contribution is 2.40. The Morgan fingerprint density at radius 2 is 1.88 bits per heavy atom. The third kappa shape index (κ3) is 3.45. The van der Waals surface area contributed by atoms with Crippen molar-refractivity contribution in [3.05, 3.63) is 18.5 Å². The fraction of sp³-hybridized carbons (Fsp3) is 0.467. The molecule has 130 valence electrons. The summed E-state index contributed by atoms with van der Waals surface area (Å²) in [5.74, 6) is 2.29. The molecule has 0 saturated carbocycles. The number of benzene rings is 1. The monoisotopic (exact) mass is 353 g/mol. The Morgan fingerprint density at radius 1 is 1.21 bits per heavy atom. The zero-order chi connectivity index (χ0) is 17.3. The Hall–Kier alpha value is -1.89. The van der Waals surface area contributed by atoms with Crippen LogP contribution in [-0.4, -0.2) is 53.2 Å². The van der Waals surface area contributed by atoms with E-state index >= 15 is 0 Å². The second-order valence-corrected chi connectivity index (χ2v) is 7.65. The summed E-state index contributed by atoms with van der Waals surface area (Å²) in [6.07, 6.45) is 1.95. The number of anilines is 1. The first-order valence-electron chi connectivity index (χ1n) is 7.57. The minimum absolute atomic E-state index is 0.0684.